The Bertz CT molecular complexity index is 886. The van der Waals surface area contributed by atoms with Crippen molar-refractivity contribution in [2.24, 2.45) is 0 Å². The molecular formula is C20H25NO4S. The lowest BCUT2D eigenvalue weighted by Crippen LogP contribution is -2.45. The van der Waals surface area contributed by atoms with E-state index in [0.29, 0.717) is 18.6 Å². The summed E-state index contributed by atoms with van der Waals surface area (Å²) in [5.41, 5.74) is 1.74. The van der Waals surface area contributed by atoms with Crippen molar-refractivity contribution in [3.63, 3.8) is 0 Å². The summed E-state index contributed by atoms with van der Waals surface area (Å²) in [6.07, 6.45) is 0.729. The van der Waals surface area contributed by atoms with Crippen LogP contribution in [-0.2, 0) is 15.6 Å². The van der Waals surface area contributed by atoms with Gasteiger partial charge >= 0.3 is 0 Å². The molecule has 3 rings (SSSR count). The molecule has 1 aliphatic rings. The van der Waals surface area contributed by atoms with Crippen molar-refractivity contribution in [1.82, 2.24) is 4.31 Å². The summed E-state index contributed by atoms with van der Waals surface area (Å²) in [5.74, 6) is 0.358. The lowest BCUT2D eigenvalue weighted by atomic mass is 9.85. The van der Waals surface area contributed by atoms with Gasteiger partial charge in [-0.25, -0.2) is 8.42 Å². The van der Waals surface area contributed by atoms with Gasteiger partial charge in [-0.1, -0.05) is 30.3 Å². The third kappa shape index (κ3) is 3.37. The van der Waals surface area contributed by atoms with Gasteiger partial charge in [0.25, 0.3) is 0 Å². The molecule has 1 heterocycles. The van der Waals surface area contributed by atoms with E-state index in [4.69, 9.17) is 4.74 Å². The van der Waals surface area contributed by atoms with Crippen LogP contribution in [0.2, 0.25) is 0 Å². The standard InChI is InChI=1S/C20H25NO4S/c1-15-13-18(25-3)19(14-16(15)2)26(23,24)21-11-9-20(22,10-12-21)17-7-5-4-6-8-17/h4-8,13-14,22H,9-12H2,1-3H3. The predicted molar refractivity (Wildman–Crippen MR) is 101 cm³/mol. The van der Waals surface area contributed by atoms with Gasteiger partial charge < -0.3 is 9.84 Å². The van der Waals surface area contributed by atoms with Crippen LogP contribution in [0.15, 0.2) is 47.4 Å². The molecule has 0 bridgehead atoms. The van der Waals surface area contributed by atoms with E-state index in [0.717, 1.165) is 16.7 Å². The van der Waals surface area contributed by atoms with Gasteiger partial charge in [0.05, 0.1) is 12.7 Å². The van der Waals surface area contributed by atoms with Gasteiger partial charge in [0.1, 0.15) is 10.6 Å². The Hall–Kier alpha value is -1.89. The molecule has 0 saturated carbocycles. The first-order chi connectivity index (χ1) is 12.3. The van der Waals surface area contributed by atoms with E-state index >= 15 is 0 Å². The lowest BCUT2D eigenvalue weighted by Gasteiger charge is -2.38. The molecule has 1 fully saturated rings. The highest BCUT2D eigenvalue weighted by atomic mass is 32.2. The average Bonchev–Trinajstić information content (AvgIpc) is 2.64. The lowest BCUT2D eigenvalue weighted by molar-refractivity contribution is -0.00962. The molecule has 26 heavy (non-hydrogen) atoms. The van der Waals surface area contributed by atoms with E-state index in [9.17, 15) is 13.5 Å². The second kappa shape index (κ2) is 7.02. The molecule has 1 N–H and O–H groups in total. The molecule has 0 spiro atoms. The van der Waals surface area contributed by atoms with Crippen molar-refractivity contribution in [2.75, 3.05) is 20.2 Å². The first-order valence-corrected chi connectivity index (χ1v) is 10.2. The highest BCUT2D eigenvalue weighted by molar-refractivity contribution is 7.89. The van der Waals surface area contributed by atoms with Crippen LogP contribution < -0.4 is 4.74 Å². The van der Waals surface area contributed by atoms with Crippen LogP contribution in [0.25, 0.3) is 0 Å². The fourth-order valence-corrected chi connectivity index (χ4v) is 5.06. The van der Waals surface area contributed by atoms with Gasteiger partial charge in [0.15, 0.2) is 0 Å². The maximum atomic E-state index is 13.1. The average molecular weight is 375 g/mol. The van der Waals surface area contributed by atoms with Gasteiger partial charge in [-0.15, -0.1) is 0 Å². The predicted octanol–water partition coefficient (Wildman–Crippen LogP) is 2.98. The number of ether oxygens (including phenoxy) is 1. The summed E-state index contributed by atoms with van der Waals surface area (Å²) in [4.78, 5) is 0.188. The zero-order valence-electron chi connectivity index (χ0n) is 15.4. The third-order valence-electron chi connectivity index (χ3n) is 5.26. The number of hydrogen-bond donors (Lipinski definition) is 1. The Morgan fingerprint density at radius 3 is 2.19 bits per heavy atom. The van der Waals surface area contributed by atoms with Crippen LogP contribution in [0.1, 0.15) is 29.5 Å². The van der Waals surface area contributed by atoms with Crippen LogP contribution in [-0.4, -0.2) is 38.0 Å². The van der Waals surface area contributed by atoms with E-state index in [2.05, 4.69) is 0 Å². The molecule has 1 aliphatic heterocycles. The van der Waals surface area contributed by atoms with Gasteiger partial charge in [0, 0.05) is 13.1 Å². The smallest absolute Gasteiger partial charge is 0.246 e. The number of methoxy groups -OCH3 is 1. The highest BCUT2D eigenvalue weighted by Gasteiger charge is 2.39. The second-order valence-corrected chi connectivity index (χ2v) is 8.80. The number of benzene rings is 2. The van der Waals surface area contributed by atoms with Gasteiger partial charge in [-0.05, 0) is 55.5 Å². The number of piperidine rings is 1. The van der Waals surface area contributed by atoms with E-state index in [1.54, 1.807) is 12.1 Å². The second-order valence-electron chi connectivity index (χ2n) is 6.89. The number of aryl methyl sites for hydroxylation is 2. The first kappa shape index (κ1) is 18.9. The van der Waals surface area contributed by atoms with Crippen LogP contribution >= 0.6 is 0 Å². The molecule has 140 valence electrons. The van der Waals surface area contributed by atoms with Crippen molar-refractivity contribution >= 4 is 10.0 Å². The Balaban J connectivity index is 1.86. The fourth-order valence-electron chi connectivity index (χ4n) is 3.40. The molecule has 0 unspecified atom stereocenters. The van der Waals surface area contributed by atoms with Crippen molar-refractivity contribution in [3.8, 4) is 5.75 Å². The Kier molecular flexibility index (Phi) is 5.10. The highest BCUT2D eigenvalue weighted by Crippen LogP contribution is 2.36. The molecule has 0 amide bonds. The summed E-state index contributed by atoms with van der Waals surface area (Å²) in [7, 11) is -2.20. The molecule has 1 saturated heterocycles. The molecule has 6 heteroatoms. The molecule has 0 atom stereocenters. The van der Waals surface area contributed by atoms with Crippen LogP contribution in [0.5, 0.6) is 5.75 Å². The number of sulfonamides is 1. The maximum absolute atomic E-state index is 13.1. The Morgan fingerprint density at radius 2 is 1.62 bits per heavy atom. The Labute approximate surface area is 155 Å². The zero-order chi connectivity index (χ0) is 18.9. The van der Waals surface area contributed by atoms with E-state index < -0.39 is 15.6 Å². The molecule has 5 nitrogen and oxygen atoms in total. The van der Waals surface area contributed by atoms with Crippen LogP contribution in [0.3, 0.4) is 0 Å². The minimum Gasteiger partial charge on any atom is -0.495 e. The minimum atomic E-state index is -3.68. The number of hydrogen-bond acceptors (Lipinski definition) is 4. The van der Waals surface area contributed by atoms with Crippen molar-refractivity contribution in [3.05, 3.63) is 59.2 Å². The monoisotopic (exact) mass is 375 g/mol. The molecule has 0 radical (unpaired) electrons. The largest absolute Gasteiger partial charge is 0.495 e. The molecule has 0 aromatic heterocycles. The Morgan fingerprint density at radius 1 is 1.04 bits per heavy atom. The van der Waals surface area contributed by atoms with Crippen molar-refractivity contribution in [2.45, 2.75) is 37.2 Å². The quantitative estimate of drug-likeness (QED) is 0.892. The van der Waals surface area contributed by atoms with Gasteiger partial charge in [-0.3, -0.25) is 0 Å². The normalized spacial score (nSPS) is 17.8. The maximum Gasteiger partial charge on any atom is 0.246 e. The van der Waals surface area contributed by atoms with Crippen molar-refractivity contribution in [1.29, 1.82) is 0 Å². The molecular weight excluding hydrogens is 350 g/mol. The van der Waals surface area contributed by atoms with Gasteiger partial charge in [0.2, 0.25) is 10.0 Å². The first-order valence-electron chi connectivity index (χ1n) is 8.71. The summed E-state index contributed by atoms with van der Waals surface area (Å²) in [6.45, 7) is 4.35. The summed E-state index contributed by atoms with van der Waals surface area (Å²) < 4.78 is 33.0. The fraction of sp³-hybridized carbons (Fsp3) is 0.400. The summed E-state index contributed by atoms with van der Waals surface area (Å²) >= 11 is 0. The van der Waals surface area contributed by atoms with Crippen LogP contribution in [0, 0.1) is 13.8 Å². The SMILES string of the molecule is COc1cc(C)c(C)cc1S(=O)(=O)N1CCC(O)(c2ccccc2)CC1. The summed E-state index contributed by atoms with van der Waals surface area (Å²) in [5, 5.41) is 10.9. The topological polar surface area (TPSA) is 66.8 Å². The van der Waals surface area contributed by atoms with E-state index in [-0.39, 0.29) is 18.0 Å². The molecule has 0 aliphatic carbocycles. The van der Waals surface area contributed by atoms with Gasteiger partial charge in [-0.2, -0.15) is 4.31 Å². The molecule has 2 aromatic carbocycles. The number of rotatable bonds is 4. The van der Waals surface area contributed by atoms with Crippen LogP contribution in [0.4, 0.5) is 0 Å². The van der Waals surface area contributed by atoms with E-state index in [1.807, 2.05) is 44.2 Å². The number of aliphatic hydroxyl groups is 1. The third-order valence-corrected chi connectivity index (χ3v) is 7.18. The zero-order valence-corrected chi connectivity index (χ0v) is 16.2. The molecule has 2 aromatic rings. The number of nitrogens with zero attached hydrogens (tertiary/aromatic N) is 1. The minimum absolute atomic E-state index is 0.188. The van der Waals surface area contributed by atoms with Crippen molar-refractivity contribution < 1.29 is 18.3 Å². The van der Waals surface area contributed by atoms with E-state index in [1.165, 1.54) is 11.4 Å². The summed E-state index contributed by atoms with van der Waals surface area (Å²) in [6, 6.07) is 12.9.